The van der Waals surface area contributed by atoms with Crippen molar-refractivity contribution in [2.24, 2.45) is 0 Å². The molecule has 1 heterocycles. The van der Waals surface area contributed by atoms with Gasteiger partial charge in [-0.1, -0.05) is 23.7 Å². The standard InChI is InChI=1S/C18H15ClN4O/c1-12-3-2-4-15(11-12)21-18(24)16-9-10-17(23-22-16)20-14-7-5-13(19)6-8-14/h2-11H,1H3,(H,20,23)(H,21,24). The molecule has 1 aromatic heterocycles. The fourth-order valence-electron chi connectivity index (χ4n) is 2.12. The Morgan fingerprint density at radius 1 is 0.958 bits per heavy atom. The molecule has 0 unspecified atom stereocenters. The van der Waals surface area contributed by atoms with Crippen LogP contribution in [0.1, 0.15) is 16.1 Å². The van der Waals surface area contributed by atoms with E-state index in [0.717, 1.165) is 16.9 Å². The van der Waals surface area contributed by atoms with Gasteiger partial charge >= 0.3 is 0 Å². The molecular formula is C18H15ClN4O. The Kier molecular flexibility index (Phi) is 4.72. The number of carbonyl (C=O) groups excluding carboxylic acids is 1. The second-order valence-corrected chi connectivity index (χ2v) is 5.70. The average Bonchev–Trinajstić information content (AvgIpc) is 2.57. The molecule has 0 spiro atoms. The van der Waals surface area contributed by atoms with Gasteiger partial charge in [-0.15, -0.1) is 10.2 Å². The lowest BCUT2D eigenvalue weighted by Gasteiger charge is -2.07. The maximum Gasteiger partial charge on any atom is 0.276 e. The first-order chi connectivity index (χ1) is 11.6. The van der Waals surface area contributed by atoms with E-state index < -0.39 is 0 Å². The van der Waals surface area contributed by atoms with Crippen molar-refractivity contribution >= 4 is 34.7 Å². The third-order valence-electron chi connectivity index (χ3n) is 3.29. The van der Waals surface area contributed by atoms with Gasteiger partial charge in [0.25, 0.3) is 5.91 Å². The van der Waals surface area contributed by atoms with Crippen LogP contribution in [-0.4, -0.2) is 16.1 Å². The van der Waals surface area contributed by atoms with Crippen LogP contribution >= 0.6 is 11.6 Å². The first-order valence-electron chi connectivity index (χ1n) is 7.34. The summed E-state index contributed by atoms with van der Waals surface area (Å²) in [4.78, 5) is 12.2. The van der Waals surface area contributed by atoms with Gasteiger partial charge in [0, 0.05) is 16.4 Å². The number of carbonyl (C=O) groups is 1. The van der Waals surface area contributed by atoms with Crippen molar-refractivity contribution in [3.8, 4) is 0 Å². The lowest BCUT2D eigenvalue weighted by Crippen LogP contribution is -2.14. The van der Waals surface area contributed by atoms with E-state index in [1.807, 2.05) is 43.3 Å². The first kappa shape index (κ1) is 16.0. The van der Waals surface area contributed by atoms with Crippen LogP contribution in [-0.2, 0) is 0 Å². The summed E-state index contributed by atoms with van der Waals surface area (Å²) in [5, 5.41) is 14.5. The highest BCUT2D eigenvalue weighted by Gasteiger charge is 2.09. The minimum absolute atomic E-state index is 0.248. The molecule has 0 radical (unpaired) electrons. The van der Waals surface area contributed by atoms with Crippen molar-refractivity contribution in [1.82, 2.24) is 10.2 Å². The fraction of sp³-hybridized carbons (Fsp3) is 0.0556. The Balaban J connectivity index is 1.67. The van der Waals surface area contributed by atoms with Gasteiger partial charge < -0.3 is 10.6 Å². The normalized spacial score (nSPS) is 10.2. The Morgan fingerprint density at radius 3 is 2.42 bits per heavy atom. The Labute approximate surface area is 144 Å². The molecule has 3 rings (SSSR count). The summed E-state index contributed by atoms with van der Waals surface area (Å²) in [5.74, 6) is 0.246. The monoisotopic (exact) mass is 338 g/mol. The average molecular weight is 339 g/mol. The summed E-state index contributed by atoms with van der Waals surface area (Å²) >= 11 is 5.85. The van der Waals surface area contributed by atoms with Crippen molar-refractivity contribution in [3.05, 3.63) is 76.9 Å². The Hall–Kier alpha value is -2.92. The van der Waals surface area contributed by atoms with E-state index >= 15 is 0 Å². The molecule has 0 saturated heterocycles. The van der Waals surface area contributed by atoms with Crippen LogP contribution in [0.2, 0.25) is 5.02 Å². The SMILES string of the molecule is Cc1cccc(NC(=O)c2ccc(Nc3ccc(Cl)cc3)nn2)c1. The van der Waals surface area contributed by atoms with Crippen LogP contribution in [0.4, 0.5) is 17.2 Å². The van der Waals surface area contributed by atoms with Gasteiger partial charge in [0.15, 0.2) is 11.5 Å². The highest BCUT2D eigenvalue weighted by molar-refractivity contribution is 6.30. The minimum atomic E-state index is -0.300. The van der Waals surface area contributed by atoms with Gasteiger partial charge in [-0.3, -0.25) is 4.79 Å². The summed E-state index contributed by atoms with van der Waals surface area (Å²) in [6.07, 6.45) is 0. The zero-order valence-electron chi connectivity index (χ0n) is 13.0. The van der Waals surface area contributed by atoms with E-state index in [1.54, 1.807) is 24.3 Å². The molecule has 3 aromatic rings. The number of hydrogen-bond donors (Lipinski definition) is 2. The summed E-state index contributed by atoms with van der Waals surface area (Å²) in [7, 11) is 0. The van der Waals surface area contributed by atoms with E-state index in [0.29, 0.717) is 10.8 Å². The number of halogens is 1. The summed E-state index contributed by atoms with van der Waals surface area (Å²) < 4.78 is 0. The van der Waals surface area contributed by atoms with Crippen molar-refractivity contribution < 1.29 is 4.79 Å². The predicted molar refractivity (Wildman–Crippen MR) is 95.9 cm³/mol. The number of rotatable bonds is 4. The van der Waals surface area contributed by atoms with Gasteiger partial charge in [0.05, 0.1) is 0 Å². The molecule has 0 aliphatic heterocycles. The van der Waals surface area contributed by atoms with Gasteiger partial charge in [-0.05, 0) is 61.0 Å². The number of aryl methyl sites for hydroxylation is 1. The van der Waals surface area contributed by atoms with Crippen molar-refractivity contribution in [2.75, 3.05) is 10.6 Å². The zero-order valence-corrected chi connectivity index (χ0v) is 13.7. The molecule has 0 fully saturated rings. The molecule has 6 heteroatoms. The number of nitrogens with zero attached hydrogens (tertiary/aromatic N) is 2. The van der Waals surface area contributed by atoms with E-state index in [-0.39, 0.29) is 11.6 Å². The molecule has 0 aliphatic rings. The van der Waals surface area contributed by atoms with Crippen LogP contribution in [0.25, 0.3) is 0 Å². The van der Waals surface area contributed by atoms with Crippen LogP contribution in [0.3, 0.4) is 0 Å². The molecular weight excluding hydrogens is 324 g/mol. The van der Waals surface area contributed by atoms with E-state index in [1.165, 1.54) is 0 Å². The molecule has 0 bridgehead atoms. The fourth-order valence-corrected chi connectivity index (χ4v) is 2.25. The van der Waals surface area contributed by atoms with Crippen molar-refractivity contribution in [2.45, 2.75) is 6.92 Å². The molecule has 5 nitrogen and oxygen atoms in total. The molecule has 24 heavy (non-hydrogen) atoms. The lowest BCUT2D eigenvalue weighted by molar-refractivity contribution is 0.102. The Morgan fingerprint density at radius 2 is 1.75 bits per heavy atom. The smallest absolute Gasteiger partial charge is 0.276 e. The quantitative estimate of drug-likeness (QED) is 0.738. The first-order valence-corrected chi connectivity index (χ1v) is 7.72. The topological polar surface area (TPSA) is 66.9 Å². The molecule has 1 amide bonds. The highest BCUT2D eigenvalue weighted by Crippen LogP contribution is 2.17. The van der Waals surface area contributed by atoms with Crippen LogP contribution in [0, 0.1) is 6.92 Å². The number of hydrogen-bond acceptors (Lipinski definition) is 4. The summed E-state index contributed by atoms with van der Waals surface area (Å²) in [5.41, 5.74) is 2.88. The van der Waals surface area contributed by atoms with Gasteiger partial charge in [-0.2, -0.15) is 0 Å². The largest absolute Gasteiger partial charge is 0.339 e. The lowest BCUT2D eigenvalue weighted by atomic mass is 10.2. The summed E-state index contributed by atoms with van der Waals surface area (Å²) in [6.45, 7) is 1.96. The van der Waals surface area contributed by atoms with Crippen LogP contribution in [0.15, 0.2) is 60.7 Å². The molecule has 0 saturated carbocycles. The Bertz CT molecular complexity index is 848. The molecule has 120 valence electrons. The molecule has 2 N–H and O–H groups in total. The number of aromatic nitrogens is 2. The number of anilines is 3. The number of nitrogens with one attached hydrogen (secondary N) is 2. The maximum absolute atomic E-state index is 12.2. The molecule has 2 aromatic carbocycles. The van der Waals surface area contributed by atoms with Gasteiger partial charge in [0.2, 0.25) is 0 Å². The van der Waals surface area contributed by atoms with Crippen LogP contribution in [0.5, 0.6) is 0 Å². The third-order valence-corrected chi connectivity index (χ3v) is 3.54. The van der Waals surface area contributed by atoms with E-state index in [2.05, 4.69) is 20.8 Å². The highest BCUT2D eigenvalue weighted by atomic mass is 35.5. The molecule has 0 aliphatic carbocycles. The van der Waals surface area contributed by atoms with Crippen molar-refractivity contribution in [3.63, 3.8) is 0 Å². The minimum Gasteiger partial charge on any atom is -0.339 e. The van der Waals surface area contributed by atoms with Gasteiger partial charge in [-0.25, -0.2) is 0 Å². The number of benzene rings is 2. The summed E-state index contributed by atoms with van der Waals surface area (Å²) in [6, 6.07) is 18.1. The van der Waals surface area contributed by atoms with E-state index in [4.69, 9.17) is 11.6 Å². The third kappa shape index (κ3) is 4.08. The van der Waals surface area contributed by atoms with Crippen molar-refractivity contribution in [1.29, 1.82) is 0 Å². The van der Waals surface area contributed by atoms with Gasteiger partial charge in [0.1, 0.15) is 0 Å². The predicted octanol–water partition coefficient (Wildman–Crippen LogP) is 4.43. The second kappa shape index (κ2) is 7.10. The molecule has 0 atom stereocenters. The maximum atomic E-state index is 12.2. The van der Waals surface area contributed by atoms with E-state index in [9.17, 15) is 4.79 Å². The number of amides is 1. The second-order valence-electron chi connectivity index (χ2n) is 5.26. The van der Waals surface area contributed by atoms with Crippen LogP contribution < -0.4 is 10.6 Å². The zero-order chi connectivity index (χ0) is 16.9.